The van der Waals surface area contributed by atoms with Gasteiger partial charge in [-0.15, -0.1) is 0 Å². The fourth-order valence-corrected chi connectivity index (χ4v) is 4.02. The van der Waals surface area contributed by atoms with E-state index in [1.54, 1.807) is 0 Å². The molecule has 4 rings (SSSR count). The summed E-state index contributed by atoms with van der Waals surface area (Å²) in [5, 5.41) is 18.0. The molecule has 1 aromatic heterocycles. The molecule has 0 saturated heterocycles. The van der Waals surface area contributed by atoms with Crippen molar-refractivity contribution in [2.24, 2.45) is 0 Å². The summed E-state index contributed by atoms with van der Waals surface area (Å²) >= 11 is 0. The zero-order valence-corrected chi connectivity index (χ0v) is 18.5. The van der Waals surface area contributed by atoms with Gasteiger partial charge in [0.1, 0.15) is 18.8 Å². The van der Waals surface area contributed by atoms with Crippen LogP contribution in [0.5, 0.6) is 0 Å². The third-order valence-electron chi connectivity index (χ3n) is 5.56. The van der Waals surface area contributed by atoms with E-state index in [-0.39, 0.29) is 37.2 Å². The normalized spacial score (nSPS) is 12.0. The number of carboxylic acid groups (broad SMARTS) is 1. The lowest BCUT2D eigenvalue weighted by atomic mass is 9.98. The van der Waals surface area contributed by atoms with E-state index in [1.807, 2.05) is 36.4 Å². The SMILES string of the molecule is COCCN(CC(=O)O)C(=O)c1cc(NC(=O)OCC2c3ccccc3-c3ccccc32)n[nH]1. The van der Waals surface area contributed by atoms with Gasteiger partial charge in [-0.1, -0.05) is 48.5 Å². The van der Waals surface area contributed by atoms with Crippen molar-refractivity contribution in [2.45, 2.75) is 5.92 Å². The largest absolute Gasteiger partial charge is 0.480 e. The van der Waals surface area contributed by atoms with Crippen molar-refractivity contribution in [1.29, 1.82) is 0 Å². The molecular weight excluding hydrogens is 440 g/mol. The monoisotopic (exact) mass is 464 g/mol. The Kier molecular flexibility index (Phi) is 6.88. The van der Waals surface area contributed by atoms with Gasteiger partial charge in [-0.25, -0.2) is 4.79 Å². The molecule has 0 spiro atoms. The van der Waals surface area contributed by atoms with Crippen LogP contribution in [-0.4, -0.2) is 71.6 Å². The second kappa shape index (κ2) is 10.2. The highest BCUT2D eigenvalue weighted by atomic mass is 16.5. The molecule has 0 aliphatic heterocycles. The zero-order valence-electron chi connectivity index (χ0n) is 18.5. The van der Waals surface area contributed by atoms with Gasteiger partial charge in [-0.2, -0.15) is 5.10 Å². The molecule has 0 atom stereocenters. The topological polar surface area (TPSA) is 134 Å². The first-order valence-electron chi connectivity index (χ1n) is 10.7. The number of methoxy groups -OCH3 is 1. The van der Waals surface area contributed by atoms with E-state index in [2.05, 4.69) is 27.6 Å². The number of aliphatic carboxylic acids is 1. The highest BCUT2D eigenvalue weighted by Gasteiger charge is 2.29. The molecule has 3 aromatic rings. The van der Waals surface area contributed by atoms with E-state index < -0.39 is 24.5 Å². The first-order chi connectivity index (χ1) is 16.5. The molecule has 1 aliphatic carbocycles. The molecule has 34 heavy (non-hydrogen) atoms. The van der Waals surface area contributed by atoms with Crippen LogP contribution in [0.2, 0.25) is 0 Å². The first-order valence-corrected chi connectivity index (χ1v) is 10.7. The van der Waals surface area contributed by atoms with Crippen LogP contribution in [0, 0.1) is 0 Å². The summed E-state index contributed by atoms with van der Waals surface area (Å²) in [6.45, 7) is -0.0797. The van der Waals surface area contributed by atoms with Gasteiger partial charge in [0.2, 0.25) is 0 Å². The van der Waals surface area contributed by atoms with Crippen molar-refractivity contribution in [3.8, 4) is 11.1 Å². The summed E-state index contributed by atoms with van der Waals surface area (Å²) in [6, 6.07) is 17.4. The maximum absolute atomic E-state index is 12.6. The molecule has 0 saturated carbocycles. The highest BCUT2D eigenvalue weighted by molar-refractivity contribution is 5.95. The van der Waals surface area contributed by atoms with Gasteiger partial charge in [0.05, 0.1) is 6.61 Å². The van der Waals surface area contributed by atoms with Crippen LogP contribution in [-0.2, 0) is 14.3 Å². The lowest BCUT2D eigenvalue weighted by Gasteiger charge is -2.19. The van der Waals surface area contributed by atoms with Crippen molar-refractivity contribution >= 4 is 23.8 Å². The second-order valence-corrected chi connectivity index (χ2v) is 7.73. The predicted octanol–water partition coefficient (Wildman–Crippen LogP) is 2.94. The Morgan fingerprint density at radius 2 is 1.74 bits per heavy atom. The number of fused-ring (bicyclic) bond motifs is 3. The number of nitrogens with one attached hydrogen (secondary N) is 2. The molecule has 10 heteroatoms. The standard InChI is InChI=1S/C24H24N4O6/c1-33-11-10-28(13-22(29)30)23(31)20-12-21(27-26-20)25-24(32)34-14-19-17-8-4-2-6-15(17)16-7-3-5-9-18(16)19/h2-9,12,19H,10-11,13-14H2,1H3,(H,29,30)(H2,25,26,27,32). The minimum Gasteiger partial charge on any atom is -0.480 e. The summed E-state index contributed by atoms with van der Waals surface area (Å²) in [5.41, 5.74) is 4.48. The summed E-state index contributed by atoms with van der Waals surface area (Å²) in [6.07, 6.45) is -0.714. The Bertz CT molecular complexity index is 1160. The molecule has 2 amide bonds. The summed E-state index contributed by atoms with van der Waals surface area (Å²) in [5.74, 6) is -1.73. The van der Waals surface area contributed by atoms with Crippen molar-refractivity contribution < 1.29 is 29.0 Å². The molecule has 0 unspecified atom stereocenters. The molecule has 0 fully saturated rings. The van der Waals surface area contributed by atoms with Gasteiger partial charge in [0.15, 0.2) is 5.82 Å². The molecule has 0 radical (unpaired) electrons. The van der Waals surface area contributed by atoms with Crippen molar-refractivity contribution in [1.82, 2.24) is 15.1 Å². The number of benzene rings is 2. The zero-order chi connectivity index (χ0) is 24.1. The summed E-state index contributed by atoms with van der Waals surface area (Å²) < 4.78 is 10.4. The van der Waals surface area contributed by atoms with Gasteiger partial charge < -0.3 is 19.5 Å². The second-order valence-electron chi connectivity index (χ2n) is 7.73. The molecule has 0 bridgehead atoms. The minimum atomic E-state index is -1.15. The van der Waals surface area contributed by atoms with Crippen LogP contribution in [0.1, 0.15) is 27.5 Å². The van der Waals surface area contributed by atoms with E-state index in [0.717, 1.165) is 27.2 Å². The fourth-order valence-electron chi connectivity index (χ4n) is 4.02. The number of carbonyl (C=O) groups excluding carboxylic acids is 2. The maximum Gasteiger partial charge on any atom is 0.412 e. The van der Waals surface area contributed by atoms with Crippen LogP contribution >= 0.6 is 0 Å². The molecule has 3 N–H and O–H groups in total. The van der Waals surface area contributed by atoms with E-state index in [0.29, 0.717) is 0 Å². The van der Waals surface area contributed by atoms with Crippen LogP contribution in [0.3, 0.4) is 0 Å². The van der Waals surface area contributed by atoms with E-state index in [4.69, 9.17) is 14.6 Å². The summed E-state index contributed by atoms with van der Waals surface area (Å²) in [7, 11) is 1.45. The van der Waals surface area contributed by atoms with Crippen molar-refractivity contribution in [3.05, 3.63) is 71.4 Å². The van der Waals surface area contributed by atoms with Crippen molar-refractivity contribution in [2.75, 3.05) is 38.7 Å². The number of hydrogen-bond acceptors (Lipinski definition) is 6. The molecule has 10 nitrogen and oxygen atoms in total. The molecular formula is C24H24N4O6. The average Bonchev–Trinajstić information content (AvgIpc) is 3.42. The molecule has 176 valence electrons. The lowest BCUT2D eigenvalue weighted by Crippen LogP contribution is -2.38. The van der Waals surface area contributed by atoms with Crippen LogP contribution in [0.15, 0.2) is 54.6 Å². The number of carboxylic acids is 1. The number of aromatic amines is 1. The van der Waals surface area contributed by atoms with E-state index >= 15 is 0 Å². The Labute approximate surface area is 195 Å². The third-order valence-corrected chi connectivity index (χ3v) is 5.56. The van der Waals surface area contributed by atoms with Crippen LogP contribution in [0.4, 0.5) is 10.6 Å². The van der Waals surface area contributed by atoms with Crippen LogP contribution < -0.4 is 5.32 Å². The maximum atomic E-state index is 12.6. The number of amides is 2. The number of ether oxygens (including phenoxy) is 2. The first kappa shape index (κ1) is 23.0. The Morgan fingerprint density at radius 1 is 1.09 bits per heavy atom. The summed E-state index contributed by atoms with van der Waals surface area (Å²) in [4.78, 5) is 37.2. The smallest absolute Gasteiger partial charge is 0.412 e. The number of H-pyrrole nitrogens is 1. The quantitative estimate of drug-likeness (QED) is 0.443. The van der Waals surface area contributed by atoms with Crippen LogP contribution in [0.25, 0.3) is 11.1 Å². The third kappa shape index (κ3) is 4.91. The number of carbonyl (C=O) groups is 3. The Hall–Kier alpha value is -4.18. The molecule has 2 aromatic carbocycles. The average molecular weight is 464 g/mol. The fraction of sp³-hybridized carbons (Fsp3) is 0.250. The number of rotatable bonds is 9. The minimum absolute atomic E-state index is 0.0336. The van der Waals surface area contributed by atoms with Gasteiger partial charge >= 0.3 is 12.1 Å². The molecule has 1 aliphatic rings. The van der Waals surface area contributed by atoms with E-state index in [9.17, 15) is 14.4 Å². The number of anilines is 1. The van der Waals surface area contributed by atoms with Gasteiger partial charge in [0.25, 0.3) is 5.91 Å². The number of aromatic nitrogens is 2. The predicted molar refractivity (Wildman–Crippen MR) is 123 cm³/mol. The van der Waals surface area contributed by atoms with Gasteiger partial charge in [-0.05, 0) is 22.3 Å². The Morgan fingerprint density at radius 3 is 2.35 bits per heavy atom. The van der Waals surface area contributed by atoms with Gasteiger partial charge in [0, 0.05) is 25.6 Å². The van der Waals surface area contributed by atoms with E-state index in [1.165, 1.54) is 13.2 Å². The van der Waals surface area contributed by atoms with Gasteiger partial charge in [-0.3, -0.25) is 20.0 Å². The molecule has 1 heterocycles. The highest BCUT2D eigenvalue weighted by Crippen LogP contribution is 2.44. The lowest BCUT2D eigenvalue weighted by molar-refractivity contribution is -0.137. The number of hydrogen-bond donors (Lipinski definition) is 3. The van der Waals surface area contributed by atoms with Crippen molar-refractivity contribution in [3.63, 3.8) is 0 Å². The Balaban J connectivity index is 1.38. The number of nitrogens with zero attached hydrogens (tertiary/aromatic N) is 2.